The highest BCUT2D eigenvalue weighted by atomic mass is 35.5. The first-order chi connectivity index (χ1) is 6.75. The van der Waals surface area contributed by atoms with Crippen LogP contribution in [0.1, 0.15) is 6.42 Å². The Kier molecular flexibility index (Phi) is 2.79. The maximum absolute atomic E-state index is 9.52. The van der Waals surface area contributed by atoms with Gasteiger partial charge in [0.1, 0.15) is 6.10 Å². The number of ether oxygens (including phenoxy) is 1. The lowest BCUT2D eigenvalue weighted by molar-refractivity contribution is 0.214. The van der Waals surface area contributed by atoms with E-state index in [1.165, 1.54) is 6.07 Å². The topological polar surface area (TPSA) is 41.5 Å². The minimum Gasteiger partial charge on any atom is -0.504 e. The van der Waals surface area contributed by atoms with E-state index in [9.17, 15) is 5.11 Å². The molecule has 14 heavy (non-hydrogen) atoms. The minimum atomic E-state index is 0.101. The van der Waals surface area contributed by atoms with Crippen molar-refractivity contribution in [2.75, 3.05) is 13.1 Å². The van der Waals surface area contributed by atoms with E-state index in [1.807, 2.05) is 0 Å². The predicted octanol–water partition coefficient (Wildman–Crippen LogP) is 1.79. The molecular formula is C10H12ClNO2. The van der Waals surface area contributed by atoms with Crippen LogP contribution in [0, 0.1) is 0 Å². The lowest BCUT2D eigenvalue weighted by Gasteiger charge is -2.13. The van der Waals surface area contributed by atoms with E-state index >= 15 is 0 Å². The molecule has 0 unspecified atom stereocenters. The van der Waals surface area contributed by atoms with E-state index in [1.54, 1.807) is 12.1 Å². The van der Waals surface area contributed by atoms with Crippen LogP contribution >= 0.6 is 11.6 Å². The Hall–Kier alpha value is -0.930. The van der Waals surface area contributed by atoms with Gasteiger partial charge in [-0.25, -0.2) is 0 Å². The average Bonchev–Trinajstić information content (AvgIpc) is 2.62. The normalized spacial score (nSPS) is 21.1. The molecule has 4 heteroatoms. The van der Waals surface area contributed by atoms with Gasteiger partial charge in [-0.3, -0.25) is 0 Å². The second-order valence-corrected chi connectivity index (χ2v) is 3.78. The van der Waals surface area contributed by atoms with Crippen molar-refractivity contribution in [3.8, 4) is 11.5 Å². The third kappa shape index (κ3) is 2.11. The van der Waals surface area contributed by atoms with Crippen molar-refractivity contribution in [2.24, 2.45) is 0 Å². The van der Waals surface area contributed by atoms with Gasteiger partial charge in [0.05, 0.1) is 0 Å². The molecule has 76 valence electrons. The minimum absolute atomic E-state index is 0.101. The number of aromatic hydroxyl groups is 1. The Morgan fingerprint density at radius 3 is 3.00 bits per heavy atom. The smallest absolute Gasteiger partial charge is 0.161 e. The highest BCUT2D eigenvalue weighted by Crippen LogP contribution is 2.30. The predicted molar refractivity (Wildman–Crippen MR) is 55.0 cm³/mol. The second kappa shape index (κ2) is 4.07. The van der Waals surface area contributed by atoms with Gasteiger partial charge in [-0.1, -0.05) is 11.6 Å². The molecule has 0 aromatic heterocycles. The molecule has 2 rings (SSSR count). The molecule has 1 heterocycles. The Morgan fingerprint density at radius 2 is 2.36 bits per heavy atom. The number of hydrogen-bond acceptors (Lipinski definition) is 3. The van der Waals surface area contributed by atoms with Gasteiger partial charge in [0, 0.05) is 17.6 Å². The van der Waals surface area contributed by atoms with E-state index in [4.69, 9.17) is 16.3 Å². The molecule has 0 radical (unpaired) electrons. The Bertz CT molecular complexity index is 324. The molecule has 1 atom stereocenters. The molecule has 1 aliphatic rings. The van der Waals surface area contributed by atoms with Crippen molar-refractivity contribution in [3.05, 3.63) is 23.2 Å². The van der Waals surface area contributed by atoms with Crippen LogP contribution in [-0.4, -0.2) is 24.3 Å². The third-order valence-electron chi connectivity index (χ3n) is 2.23. The van der Waals surface area contributed by atoms with Crippen molar-refractivity contribution < 1.29 is 9.84 Å². The number of rotatable bonds is 2. The first-order valence-electron chi connectivity index (χ1n) is 4.61. The number of phenolic OH excluding ortho intramolecular Hbond substituents is 1. The molecule has 3 nitrogen and oxygen atoms in total. The van der Waals surface area contributed by atoms with Crippen molar-refractivity contribution in [2.45, 2.75) is 12.5 Å². The van der Waals surface area contributed by atoms with Crippen LogP contribution in [0.3, 0.4) is 0 Å². The van der Waals surface area contributed by atoms with Crippen molar-refractivity contribution in [1.82, 2.24) is 5.32 Å². The van der Waals surface area contributed by atoms with Crippen LogP contribution < -0.4 is 10.1 Å². The molecule has 1 aromatic rings. The summed E-state index contributed by atoms with van der Waals surface area (Å²) in [7, 11) is 0. The third-order valence-corrected chi connectivity index (χ3v) is 2.46. The van der Waals surface area contributed by atoms with Gasteiger partial charge in [0.15, 0.2) is 11.5 Å². The fourth-order valence-corrected chi connectivity index (χ4v) is 1.66. The second-order valence-electron chi connectivity index (χ2n) is 3.34. The molecule has 0 saturated carbocycles. The van der Waals surface area contributed by atoms with Crippen molar-refractivity contribution in [3.63, 3.8) is 0 Å². The monoisotopic (exact) mass is 213 g/mol. The molecule has 1 saturated heterocycles. The van der Waals surface area contributed by atoms with Gasteiger partial charge < -0.3 is 15.2 Å². The van der Waals surface area contributed by atoms with Gasteiger partial charge in [-0.05, 0) is 25.1 Å². The molecule has 1 aliphatic heterocycles. The van der Waals surface area contributed by atoms with Crippen LogP contribution in [0.5, 0.6) is 11.5 Å². The fourth-order valence-electron chi connectivity index (χ4n) is 1.50. The first kappa shape index (κ1) is 9.62. The summed E-state index contributed by atoms with van der Waals surface area (Å²) in [6.07, 6.45) is 1.13. The molecule has 0 spiro atoms. The van der Waals surface area contributed by atoms with E-state index in [0.29, 0.717) is 10.8 Å². The number of phenols is 1. The number of halogens is 1. The zero-order valence-electron chi connectivity index (χ0n) is 7.66. The summed E-state index contributed by atoms with van der Waals surface area (Å²) in [5.41, 5.74) is 0. The largest absolute Gasteiger partial charge is 0.504 e. The van der Waals surface area contributed by atoms with Crippen LogP contribution in [-0.2, 0) is 0 Å². The quantitative estimate of drug-likeness (QED) is 0.787. The molecule has 0 amide bonds. The SMILES string of the molecule is Oc1cc(Cl)ccc1O[C@@H]1CCNC1. The summed E-state index contributed by atoms with van der Waals surface area (Å²) in [4.78, 5) is 0. The summed E-state index contributed by atoms with van der Waals surface area (Å²) < 4.78 is 5.59. The van der Waals surface area contributed by atoms with Crippen LogP contribution in [0.25, 0.3) is 0 Å². The Balaban J connectivity index is 2.08. The molecule has 1 fully saturated rings. The highest BCUT2D eigenvalue weighted by Gasteiger charge is 2.17. The van der Waals surface area contributed by atoms with E-state index in [-0.39, 0.29) is 11.9 Å². The van der Waals surface area contributed by atoms with E-state index in [0.717, 1.165) is 19.5 Å². The average molecular weight is 214 g/mol. The maximum Gasteiger partial charge on any atom is 0.161 e. The van der Waals surface area contributed by atoms with Crippen LogP contribution in [0.2, 0.25) is 5.02 Å². The highest BCUT2D eigenvalue weighted by molar-refractivity contribution is 6.30. The number of hydrogen-bond donors (Lipinski definition) is 2. The number of benzene rings is 1. The maximum atomic E-state index is 9.52. The Labute approximate surface area is 87.6 Å². The summed E-state index contributed by atoms with van der Waals surface area (Å²) in [6.45, 7) is 1.81. The van der Waals surface area contributed by atoms with Crippen LogP contribution in [0.15, 0.2) is 18.2 Å². The first-order valence-corrected chi connectivity index (χ1v) is 4.99. The number of nitrogens with one attached hydrogen (secondary N) is 1. The standard InChI is InChI=1S/C10H12ClNO2/c11-7-1-2-10(9(13)5-7)14-8-3-4-12-6-8/h1-2,5,8,12-13H,3-4,6H2/t8-/m1/s1. The zero-order valence-corrected chi connectivity index (χ0v) is 8.42. The van der Waals surface area contributed by atoms with Gasteiger partial charge in [0.25, 0.3) is 0 Å². The summed E-state index contributed by atoms with van der Waals surface area (Å²) >= 11 is 5.71. The molecule has 1 aromatic carbocycles. The van der Waals surface area contributed by atoms with E-state index in [2.05, 4.69) is 5.32 Å². The summed E-state index contributed by atoms with van der Waals surface area (Å²) in [5, 5.41) is 13.2. The lowest BCUT2D eigenvalue weighted by Crippen LogP contribution is -2.19. The molecule has 0 bridgehead atoms. The lowest BCUT2D eigenvalue weighted by atomic mass is 10.3. The van der Waals surface area contributed by atoms with Gasteiger partial charge >= 0.3 is 0 Å². The molecule has 2 N–H and O–H groups in total. The summed E-state index contributed by atoms with van der Waals surface area (Å²) in [6, 6.07) is 4.88. The van der Waals surface area contributed by atoms with Gasteiger partial charge in [0.2, 0.25) is 0 Å². The molecule has 0 aliphatic carbocycles. The fraction of sp³-hybridized carbons (Fsp3) is 0.400. The van der Waals surface area contributed by atoms with Crippen LogP contribution in [0.4, 0.5) is 0 Å². The van der Waals surface area contributed by atoms with Gasteiger partial charge in [-0.15, -0.1) is 0 Å². The van der Waals surface area contributed by atoms with E-state index < -0.39 is 0 Å². The molecular weight excluding hydrogens is 202 g/mol. The van der Waals surface area contributed by atoms with Crippen molar-refractivity contribution in [1.29, 1.82) is 0 Å². The summed E-state index contributed by atoms with van der Waals surface area (Å²) in [5.74, 6) is 0.604. The zero-order chi connectivity index (χ0) is 9.97. The van der Waals surface area contributed by atoms with Gasteiger partial charge in [-0.2, -0.15) is 0 Å². The van der Waals surface area contributed by atoms with Crippen molar-refractivity contribution >= 4 is 11.6 Å². The Morgan fingerprint density at radius 1 is 1.50 bits per heavy atom.